The molecule has 1 atom stereocenters. The first-order valence-corrected chi connectivity index (χ1v) is 7.93. The fraction of sp³-hybridized carbons (Fsp3) is 0.923. The van der Waals surface area contributed by atoms with Crippen LogP contribution in [0.1, 0.15) is 45.4 Å². The van der Waals surface area contributed by atoms with Gasteiger partial charge in [0.2, 0.25) is 0 Å². The van der Waals surface area contributed by atoms with E-state index >= 15 is 0 Å². The zero-order chi connectivity index (χ0) is 12.5. The van der Waals surface area contributed by atoms with Crippen LogP contribution < -0.4 is 0 Å². The van der Waals surface area contributed by atoms with Crippen molar-refractivity contribution in [2.75, 3.05) is 24.6 Å². The Morgan fingerprint density at radius 2 is 2.12 bits per heavy atom. The molecule has 17 heavy (non-hydrogen) atoms. The van der Waals surface area contributed by atoms with E-state index in [9.17, 15) is 4.79 Å². The second kappa shape index (κ2) is 8.81. The summed E-state index contributed by atoms with van der Waals surface area (Å²) >= 11 is 1.89. The average molecular weight is 259 g/mol. The van der Waals surface area contributed by atoms with Crippen molar-refractivity contribution in [1.82, 2.24) is 4.90 Å². The number of unbranched alkanes of at least 4 members (excludes halogenated alkanes) is 4. The molecule has 0 amide bonds. The van der Waals surface area contributed by atoms with Gasteiger partial charge in [0.05, 0.1) is 6.42 Å². The fourth-order valence-corrected chi connectivity index (χ4v) is 3.42. The van der Waals surface area contributed by atoms with E-state index in [0.29, 0.717) is 6.42 Å². The lowest BCUT2D eigenvalue weighted by atomic mass is 10.1. The highest BCUT2D eigenvalue weighted by Gasteiger charge is 2.24. The van der Waals surface area contributed by atoms with Crippen LogP contribution >= 0.6 is 11.8 Å². The molecule has 0 radical (unpaired) electrons. The molecule has 1 rings (SSSR count). The number of carboxylic acids is 1. The first-order valence-electron chi connectivity index (χ1n) is 6.77. The molecule has 4 heteroatoms. The third-order valence-electron chi connectivity index (χ3n) is 3.31. The molecule has 1 saturated heterocycles. The summed E-state index contributed by atoms with van der Waals surface area (Å²) in [7, 11) is 0. The van der Waals surface area contributed by atoms with Gasteiger partial charge < -0.3 is 5.11 Å². The molecule has 0 aromatic heterocycles. The summed E-state index contributed by atoms with van der Waals surface area (Å²) in [6.45, 7) is 4.38. The van der Waals surface area contributed by atoms with Crippen LogP contribution in [0.3, 0.4) is 0 Å². The number of rotatable bonds is 8. The molecule has 0 aliphatic carbocycles. The lowest BCUT2D eigenvalue weighted by Crippen LogP contribution is -2.43. The maximum Gasteiger partial charge on any atom is 0.304 e. The molecule has 0 aromatic carbocycles. The van der Waals surface area contributed by atoms with Gasteiger partial charge in [0, 0.05) is 24.1 Å². The van der Waals surface area contributed by atoms with E-state index in [1.54, 1.807) is 0 Å². The Balaban J connectivity index is 2.20. The van der Waals surface area contributed by atoms with Gasteiger partial charge in [-0.1, -0.05) is 32.6 Å². The predicted octanol–water partition coefficient (Wildman–Crippen LogP) is 2.85. The maximum absolute atomic E-state index is 10.8. The van der Waals surface area contributed by atoms with Crippen molar-refractivity contribution in [3.63, 3.8) is 0 Å². The first kappa shape index (κ1) is 14.8. The van der Waals surface area contributed by atoms with Gasteiger partial charge in [-0.25, -0.2) is 0 Å². The highest BCUT2D eigenvalue weighted by Crippen LogP contribution is 2.19. The molecule has 1 fully saturated rings. The van der Waals surface area contributed by atoms with E-state index in [2.05, 4.69) is 11.8 Å². The second-order valence-electron chi connectivity index (χ2n) is 4.78. The summed E-state index contributed by atoms with van der Waals surface area (Å²) in [5.74, 6) is 1.49. The van der Waals surface area contributed by atoms with Crippen molar-refractivity contribution < 1.29 is 9.90 Å². The van der Waals surface area contributed by atoms with Crippen LogP contribution in [0.2, 0.25) is 0 Å². The molecule has 0 spiro atoms. The molecule has 0 bridgehead atoms. The van der Waals surface area contributed by atoms with E-state index in [-0.39, 0.29) is 6.04 Å². The second-order valence-corrected chi connectivity index (χ2v) is 5.93. The Hall–Kier alpha value is -0.220. The molecular weight excluding hydrogens is 234 g/mol. The summed E-state index contributed by atoms with van der Waals surface area (Å²) in [4.78, 5) is 13.2. The van der Waals surface area contributed by atoms with Crippen molar-refractivity contribution in [2.24, 2.45) is 0 Å². The minimum Gasteiger partial charge on any atom is -0.481 e. The summed E-state index contributed by atoms with van der Waals surface area (Å²) in [6, 6.07) is 0.262. The normalized spacial score (nSPS) is 21.6. The summed E-state index contributed by atoms with van der Waals surface area (Å²) < 4.78 is 0. The number of nitrogens with zero attached hydrogens (tertiary/aromatic N) is 1. The van der Waals surface area contributed by atoms with Gasteiger partial charge in [-0.05, 0) is 13.0 Å². The quantitative estimate of drug-likeness (QED) is 0.681. The standard InChI is InChI=1S/C13H25NO2S/c1-2-3-4-5-6-7-14-8-9-17-11-12(14)10-13(15)16/h12H,2-11H2,1H3,(H,15,16). The van der Waals surface area contributed by atoms with Crippen molar-refractivity contribution in [1.29, 1.82) is 0 Å². The molecule has 0 aromatic rings. The van der Waals surface area contributed by atoms with Gasteiger partial charge in [0.15, 0.2) is 0 Å². The van der Waals surface area contributed by atoms with Gasteiger partial charge in [0.25, 0.3) is 0 Å². The first-order chi connectivity index (χ1) is 8.24. The van der Waals surface area contributed by atoms with Crippen molar-refractivity contribution in [2.45, 2.75) is 51.5 Å². The molecule has 0 saturated carbocycles. The molecule has 1 heterocycles. The number of carbonyl (C=O) groups is 1. The average Bonchev–Trinajstić information content (AvgIpc) is 2.30. The summed E-state index contributed by atoms with van der Waals surface area (Å²) in [5, 5.41) is 8.89. The fourth-order valence-electron chi connectivity index (χ4n) is 2.29. The third kappa shape index (κ3) is 6.32. The molecule has 1 N–H and O–H groups in total. The Morgan fingerprint density at radius 1 is 1.35 bits per heavy atom. The van der Waals surface area contributed by atoms with Crippen LogP contribution in [0, 0.1) is 0 Å². The number of hydrogen-bond acceptors (Lipinski definition) is 3. The van der Waals surface area contributed by atoms with Gasteiger partial charge in [-0.15, -0.1) is 0 Å². The topological polar surface area (TPSA) is 40.5 Å². The van der Waals surface area contributed by atoms with Crippen LogP contribution in [0.25, 0.3) is 0 Å². The third-order valence-corrected chi connectivity index (χ3v) is 4.40. The zero-order valence-electron chi connectivity index (χ0n) is 10.9. The van der Waals surface area contributed by atoms with E-state index in [4.69, 9.17) is 5.11 Å². The van der Waals surface area contributed by atoms with Gasteiger partial charge in [-0.3, -0.25) is 9.69 Å². The highest BCUT2D eigenvalue weighted by atomic mass is 32.2. The highest BCUT2D eigenvalue weighted by molar-refractivity contribution is 7.99. The molecule has 3 nitrogen and oxygen atoms in total. The molecule has 1 aliphatic heterocycles. The minimum atomic E-state index is -0.659. The number of thioether (sulfide) groups is 1. The Morgan fingerprint density at radius 3 is 2.82 bits per heavy atom. The lowest BCUT2D eigenvalue weighted by Gasteiger charge is -2.34. The Labute approximate surface area is 109 Å². The van der Waals surface area contributed by atoms with Gasteiger partial charge in [-0.2, -0.15) is 11.8 Å². The number of carboxylic acid groups (broad SMARTS) is 1. The van der Waals surface area contributed by atoms with E-state index in [1.807, 2.05) is 11.8 Å². The van der Waals surface area contributed by atoms with Crippen LogP contribution in [0.4, 0.5) is 0 Å². The predicted molar refractivity (Wildman–Crippen MR) is 73.7 cm³/mol. The molecular formula is C13H25NO2S. The molecule has 1 unspecified atom stereocenters. The van der Waals surface area contributed by atoms with Crippen LogP contribution in [-0.4, -0.2) is 46.6 Å². The van der Waals surface area contributed by atoms with E-state index < -0.39 is 5.97 Å². The smallest absolute Gasteiger partial charge is 0.304 e. The van der Waals surface area contributed by atoms with Crippen LogP contribution in [0.15, 0.2) is 0 Å². The summed E-state index contributed by atoms with van der Waals surface area (Å²) in [5.41, 5.74) is 0. The Kier molecular flexibility index (Phi) is 7.69. The zero-order valence-corrected chi connectivity index (χ0v) is 11.7. The van der Waals surface area contributed by atoms with Crippen molar-refractivity contribution >= 4 is 17.7 Å². The Bertz CT molecular complexity index is 223. The lowest BCUT2D eigenvalue weighted by molar-refractivity contribution is -0.138. The van der Waals surface area contributed by atoms with Crippen LogP contribution in [0.5, 0.6) is 0 Å². The number of hydrogen-bond donors (Lipinski definition) is 1. The van der Waals surface area contributed by atoms with Gasteiger partial charge >= 0.3 is 5.97 Å². The van der Waals surface area contributed by atoms with Gasteiger partial charge in [0.1, 0.15) is 0 Å². The van der Waals surface area contributed by atoms with Crippen molar-refractivity contribution in [3.8, 4) is 0 Å². The molecule has 100 valence electrons. The molecule has 1 aliphatic rings. The number of aliphatic carboxylic acids is 1. The monoisotopic (exact) mass is 259 g/mol. The van der Waals surface area contributed by atoms with E-state index in [0.717, 1.165) is 24.6 Å². The van der Waals surface area contributed by atoms with Crippen LogP contribution in [-0.2, 0) is 4.79 Å². The van der Waals surface area contributed by atoms with E-state index in [1.165, 1.54) is 32.1 Å². The maximum atomic E-state index is 10.8. The SMILES string of the molecule is CCCCCCCN1CCSCC1CC(=O)O. The van der Waals surface area contributed by atoms with Crippen molar-refractivity contribution in [3.05, 3.63) is 0 Å². The summed E-state index contributed by atoms with van der Waals surface area (Å²) in [6.07, 6.45) is 6.75. The minimum absolute atomic E-state index is 0.262. The largest absolute Gasteiger partial charge is 0.481 e.